The Labute approximate surface area is 180 Å². The standard InChI is InChI=1S/C23H21N3O4S/c1-31(28,29)16-17-8-10-18(11-9-17)23(27)25-19-5-4-6-21(13-19)30-15-20-14-26-12-3-2-7-22(26)24-20/h2-14H,15-16H2,1H3,(H,25,27). The zero-order valence-electron chi connectivity index (χ0n) is 16.9. The molecule has 2 heterocycles. The van der Waals surface area contributed by atoms with Crippen molar-refractivity contribution in [2.75, 3.05) is 11.6 Å². The van der Waals surface area contributed by atoms with Gasteiger partial charge in [0, 0.05) is 36.0 Å². The van der Waals surface area contributed by atoms with E-state index in [-0.39, 0.29) is 11.7 Å². The second-order valence-electron chi connectivity index (χ2n) is 7.24. The molecule has 7 nitrogen and oxygen atoms in total. The summed E-state index contributed by atoms with van der Waals surface area (Å²) in [5.74, 6) is 0.266. The predicted molar refractivity (Wildman–Crippen MR) is 119 cm³/mol. The normalized spacial score (nSPS) is 11.4. The van der Waals surface area contributed by atoms with Crippen LogP contribution in [0.2, 0.25) is 0 Å². The second-order valence-corrected chi connectivity index (χ2v) is 9.38. The third-order valence-corrected chi connectivity index (χ3v) is 5.40. The van der Waals surface area contributed by atoms with Gasteiger partial charge in [0.25, 0.3) is 5.91 Å². The van der Waals surface area contributed by atoms with E-state index >= 15 is 0 Å². The summed E-state index contributed by atoms with van der Waals surface area (Å²) in [7, 11) is -3.12. The molecule has 31 heavy (non-hydrogen) atoms. The molecule has 8 heteroatoms. The van der Waals surface area contributed by atoms with E-state index in [1.807, 2.05) is 41.1 Å². The minimum absolute atomic E-state index is 0.0550. The number of anilines is 1. The number of carbonyl (C=O) groups excluding carboxylic acids is 1. The zero-order valence-corrected chi connectivity index (χ0v) is 17.7. The average Bonchev–Trinajstić information content (AvgIpc) is 3.15. The van der Waals surface area contributed by atoms with Crippen LogP contribution >= 0.6 is 0 Å². The molecule has 0 saturated carbocycles. The number of amides is 1. The summed E-state index contributed by atoms with van der Waals surface area (Å²) in [4.78, 5) is 17.0. The predicted octanol–water partition coefficient (Wildman–Crippen LogP) is 3.71. The van der Waals surface area contributed by atoms with Crippen molar-refractivity contribution < 1.29 is 17.9 Å². The summed E-state index contributed by atoms with van der Waals surface area (Å²) in [6.07, 6.45) is 5.02. The van der Waals surface area contributed by atoms with Crippen LogP contribution in [0.3, 0.4) is 0 Å². The second kappa shape index (κ2) is 8.61. The number of nitrogens with one attached hydrogen (secondary N) is 1. The lowest BCUT2D eigenvalue weighted by Crippen LogP contribution is -2.12. The molecular weight excluding hydrogens is 414 g/mol. The van der Waals surface area contributed by atoms with Crippen LogP contribution in [0.25, 0.3) is 5.65 Å². The maximum atomic E-state index is 12.5. The molecule has 0 radical (unpaired) electrons. The minimum Gasteiger partial charge on any atom is -0.487 e. The fraction of sp³-hybridized carbons (Fsp3) is 0.130. The van der Waals surface area contributed by atoms with E-state index in [9.17, 15) is 13.2 Å². The lowest BCUT2D eigenvalue weighted by atomic mass is 10.1. The highest BCUT2D eigenvalue weighted by molar-refractivity contribution is 7.89. The van der Waals surface area contributed by atoms with Gasteiger partial charge in [-0.25, -0.2) is 13.4 Å². The molecule has 0 unspecified atom stereocenters. The van der Waals surface area contributed by atoms with Gasteiger partial charge in [0.15, 0.2) is 9.84 Å². The van der Waals surface area contributed by atoms with Crippen molar-refractivity contribution in [1.29, 1.82) is 0 Å². The lowest BCUT2D eigenvalue weighted by molar-refractivity contribution is 0.102. The molecule has 1 amide bonds. The number of nitrogens with zero attached hydrogens (tertiary/aromatic N) is 2. The van der Waals surface area contributed by atoms with Crippen LogP contribution in [0.4, 0.5) is 5.69 Å². The summed E-state index contributed by atoms with van der Waals surface area (Å²) in [5, 5.41) is 2.83. The van der Waals surface area contributed by atoms with Crippen LogP contribution in [0.15, 0.2) is 79.1 Å². The first kappa shape index (κ1) is 20.6. The SMILES string of the molecule is CS(=O)(=O)Cc1ccc(C(=O)Nc2cccc(OCc3cn4ccccc4n3)c2)cc1. The molecule has 0 aliphatic carbocycles. The van der Waals surface area contributed by atoms with Crippen molar-refractivity contribution in [2.24, 2.45) is 0 Å². The molecule has 0 aliphatic rings. The Hall–Kier alpha value is -3.65. The average molecular weight is 436 g/mol. The fourth-order valence-corrected chi connectivity index (χ4v) is 3.93. The first-order valence-corrected chi connectivity index (χ1v) is 11.7. The first-order chi connectivity index (χ1) is 14.9. The molecule has 0 atom stereocenters. The number of ether oxygens (including phenoxy) is 1. The van der Waals surface area contributed by atoms with Gasteiger partial charge in [-0.1, -0.05) is 24.3 Å². The molecule has 2 aromatic heterocycles. The monoisotopic (exact) mass is 435 g/mol. The van der Waals surface area contributed by atoms with Gasteiger partial charge in [-0.15, -0.1) is 0 Å². The Morgan fingerprint density at radius 3 is 2.61 bits per heavy atom. The van der Waals surface area contributed by atoms with Gasteiger partial charge in [0.05, 0.1) is 11.4 Å². The van der Waals surface area contributed by atoms with Crippen molar-refractivity contribution in [2.45, 2.75) is 12.4 Å². The first-order valence-electron chi connectivity index (χ1n) is 9.59. The molecular formula is C23H21N3O4S. The Kier molecular flexibility index (Phi) is 5.73. The summed E-state index contributed by atoms with van der Waals surface area (Å²) in [6, 6.07) is 19.4. The van der Waals surface area contributed by atoms with Crippen molar-refractivity contribution >= 4 is 27.1 Å². The number of imidazole rings is 1. The van der Waals surface area contributed by atoms with Gasteiger partial charge in [0.2, 0.25) is 0 Å². The number of fused-ring (bicyclic) bond motifs is 1. The molecule has 4 rings (SSSR count). The number of sulfone groups is 1. The van der Waals surface area contributed by atoms with Crippen molar-refractivity contribution in [1.82, 2.24) is 9.38 Å². The highest BCUT2D eigenvalue weighted by Gasteiger charge is 2.09. The van der Waals surface area contributed by atoms with Gasteiger partial charge in [-0.3, -0.25) is 4.79 Å². The molecule has 0 spiro atoms. The molecule has 1 N–H and O–H groups in total. The summed E-state index contributed by atoms with van der Waals surface area (Å²) >= 11 is 0. The number of hydrogen-bond acceptors (Lipinski definition) is 5. The highest BCUT2D eigenvalue weighted by atomic mass is 32.2. The Morgan fingerprint density at radius 1 is 1.06 bits per heavy atom. The van der Waals surface area contributed by atoms with Crippen LogP contribution in [-0.2, 0) is 22.2 Å². The Bertz CT molecular complexity index is 1300. The molecule has 4 aromatic rings. The topological polar surface area (TPSA) is 89.8 Å². The summed E-state index contributed by atoms with van der Waals surface area (Å²) in [6.45, 7) is 0.306. The van der Waals surface area contributed by atoms with Crippen LogP contribution in [-0.4, -0.2) is 30.0 Å². The number of pyridine rings is 1. The van der Waals surface area contributed by atoms with Gasteiger partial charge >= 0.3 is 0 Å². The Balaban J connectivity index is 1.39. The maximum Gasteiger partial charge on any atom is 0.255 e. The largest absolute Gasteiger partial charge is 0.487 e. The highest BCUT2D eigenvalue weighted by Crippen LogP contribution is 2.20. The number of aromatic nitrogens is 2. The summed E-state index contributed by atoms with van der Waals surface area (Å²) in [5.41, 5.74) is 3.33. The van der Waals surface area contributed by atoms with Gasteiger partial charge in [-0.2, -0.15) is 0 Å². The van der Waals surface area contributed by atoms with E-state index in [2.05, 4.69) is 10.3 Å². The number of rotatable bonds is 7. The summed E-state index contributed by atoms with van der Waals surface area (Å²) < 4.78 is 30.5. The van der Waals surface area contributed by atoms with Crippen molar-refractivity contribution in [3.8, 4) is 5.75 Å². The van der Waals surface area contributed by atoms with Gasteiger partial charge in [0.1, 0.15) is 18.0 Å². The zero-order chi connectivity index (χ0) is 21.8. The molecule has 158 valence electrons. The van der Waals surface area contributed by atoms with Crippen LogP contribution in [0.5, 0.6) is 5.75 Å². The Morgan fingerprint density at radius 2 is 1.87 bits per heavy atom. The minimum atomic E-state index is -3.12. The van der Waals surface area contributed by atoms with E-state index in [1.54, 1.807) is 42.5 Å². The number of hydrogen-bond donors (Lipinski definition) is 1. The van der Waals surface area contributed by atoms with Crippen molar-refractivity contribution in [3.63, 3.8) is 0 Å². The fourth-order valence-electron chi connectivity index (χ4n) is 3.14. The molecule has 0 aliphatic heterocycles. The van der Waals surface area contributed by atoms with Crippen LogP contribution < -0.4 is 10.1 Å². The molecule has 2 aromatic carbocycles. The van der Waals surface area contributed by atoms with Crippen LogP contribution in [0, 0.1) is 0 Å². The number of benzene rings is 2. The van der Waals surface area contributed by atoms with Crippen molar-refractivity contribution in [3.05, 3.63) is 95.9 Å². The molecule has 0 fully saturated rings. The van der Waals surface area contributed by atoms with E-state index in [1.165, 1.54) is 6.26 Å². The smallest absolute Gasteiger partial charge is 0.255 e. The van der Waals surface area contributed by atoms with E-state index in [0.29, 0.717) is 29.2 Å². The van der Waals surface area contributed by atoms with E-state index < -0.39 is 9.84 Å². The quantitative estimate of drug-likeness (QED) is 0.478. The molecule has 0 bridgehead atoms. The van der Waals surface area contributed by atoms with E-state index in [4.69, 9.17) is 4.74 Å². The van der Waals surface area contributed by atoms with E-state index in [0.717, 1.165) is 11.3 Å². The third-order valence-electron chi connectivity index (χ3n) is 4.54. The third kappa shape index (κ3) is 5.49. The number of carbonyl (C=O) groups is 1. The maximum absolute atomic E-state index is 12.5. The lowest BCUT2D eigenvalue weighted by Gasteiger charge is -2.09. The van der Waals surface area contributed by atoms with Gasteiger partial charge in [-0.05, 0) is 42.0 Å². The van der Waals surface area contributed by atoms with Gasteiger partial charge < -0.3 is 14.5 Å². The van der Waals surface area contributed by atoms with Crippen LogP contribution in [0.1, 0.15) is 21.6 Å². The molecule has 0 saturated heterocycles.